The van der Waals surface area contributed by atoms with Crippen LogP contribution in [0.15, 0.2) is 51.6 Å². The minimum atomic E-state index is 0.293. The molecule has 2 aromatic heterocycles. The van der Waals surface area contributed by atoms with Crippen molar-refractivity contribution in [1.82, 2.24) is 15.1 Å². The third-order valence-electron chi connectivity index (χ3n) is 2.91. The summed E-state index contributed by atoms with van der Waals surface area (Å²) >= 11 is 3.41. The molecule has 0 bridgehead atoms. The first-order valence-electron chi connectivity index (χ1n) is 6.19. The molecule has 0 aliphatic carbocycles. The lowest BCUT2D eigenvalue weighted by molar-refractivity contribution is 0.432. The van der Waals surface area contributed by atoms with Crippen LogP contribution in [0.5, 0.6) is 0 Å². The molecule has 6 heteroatoms. The summed E-state index contributed by atoms with van der Waals surface area (Å²) in [6.07, 6.45) is 1.96. The van der Waals surface area contributed by atoms with E-state index in [0.29, 0.717) is 23.8 Å². The monoisotopic (exact) mass is 340 g/mol. The summed E-state index contributed by atoms with van der Waals surface area (Å²) in [5.74, 6) is 0.789. The average molecular weight is 341 g/mol. The van der Waals surface area contributed by atoms with Gasteiger partial charge in [-0.1, -0.05) is 23.4 Å². The lowest BCUT2D eigenvalue weighted by atomic mass is 10.1. The highest BCUT2D eigenvalue weighted by Crippen LogP contribution is 2.27. The van der Waals surface area contributed by atoms with E-state index < -0.39 is 0 Å². The van der Waals surface area contributed by atoms with Gasteiger partial charge in [-0.3, -0.25) is 4.98 Å². The van der Waals surface area contributed by atoms with E-state index in [-0.39, 0.29) is 0 Å². The van der Waals surface area contributed by atoms with Crippen LogP contribution in [-0.4, -0.2) is 15.1 Å². The minimum absolute atomic E-state index is 0.293. The maximum atomic E-state index is 8.88. The smallest absolute Gasteiger partial charge is 0.258 e. The quantitative estimate of drug-likeness (QED) is 0.727. The van der Waals surface area contributed by atoms with Crippen molar-refractivity contribution in [2.75, 3.05) is 0 Å². The molecule has 0 saturated carbocycles. The SMILES string of the molecule is N#CCc1ccccc1-c1nc(-c2ncccc2Br)no1. The summed E-state index contributed by atoms with van der Waals surface area (Å²) in [4.78, 5) is 8.60. The van der Waals surface area contributed by atoms with Crippen LogP contribution >= 0.6 is 15.9 Å². The predicted molar refractivity (Wildman–Crippen MR) is 80.0 cm³/mol. The zero-order chi connectivity index (χ0) is 14.7. The van der Waals surface area contributed by atoms with Gasteiger partial charge in [-0.2, -0.15) is 10.2 Å². The molecule has 3 aromatic rings. The first kappa shape index (κ1) is 13.5. The highest BCUT2D eigenvalue weighted by atomic mass is 79.9. The number of aromatic nitrogens is 3. The summed E-state index contributed by atoms with van der Waals surface area (Å²) in [5, 5.41) is 12.8. The number of rotatable bonds is 3. The Morgan fingerprint density at radius 2 is 2.05 bits per heavy atom. The second-order valence-corrected chi connectivity index (χ2v) is 5.10. The summed E-state index contributed by atoms with van der Waals surface area (Å²) < 4.78 is 6.11. The molecule has 0 radical (unpaired) electrons. The Kier molecular flexibility index (Phi) is 3.75. The van der Waals surface area contributed by atoms with Crippen molar-refractivity contribution in [3.8, 4) is 29.0 Å². The van der Waals surface area contributed by atoms with Gasteiger partial charge in [0.25, 0.3) is 5.89 Å². The Morgan fingerprint density at radius 3 is 2.86 bits per heavy atom. The lowest BCUT2D eigenvalue weighted by Crippen LogP contribution is -1.89. The van der Waals surface area contributed by atoms with Gasteiger partial charge in [-0.25, -0.2) is 0 Å². The van der Waals surface area contributed by atoms with Gasteiger partial charge in [0.15, 0.2) is 0 Å². The van der Waals surface area contributed by atoms with E-state index in [1.807, 2.05) is 36.4 Å². The van der Waals surface area contributed by atoms with Gasteiger partial charge in [0.05, 0.1) is 12.5 Å². The van der Waals surface area contributed by atoms with Gasteiger partial charge in [0.2, 0.25) is 5.82 Å². The first-order valence-corrected chi connectivity index (χ1v) is 6.98. The van der Waals surface area contributed by atoms with Gasteiger partial charge < -0.3 is 4.52 Å². The van der Waals surface area contributed by atoms with Crippen molar-refractivity contribution in [2.24, 2.45) is 0 Å². The van der Waals surface area contributed by atoms with Crippen LogP contribution in [0.3, 0.4) is 0 Å². The first-order chi connectivity index (χ1) is 10.3. The molecule has 1 aromatic carbocycles. The van der Waals surface area contributed by atoms with E-state index >= 15 is 0 Å². The van der Waals surface area contributed by atoms with Gasteiger partial charge in [-0.05, 0) is 39.7 Å². The summed E-state index contributed by atoms with van der Waals surface area (Å²) in [5.41, 5.74) is 2.24. The molecule has 0 unspecified atom stereocenters. The maximum absolute atomic E-state index is 8.88. The van der Waals surface area contributed by atoms with Crippen molar-refractivity contribution >= 4 is 15.9 Å². The lowest BCUT2D eigenvalue weighted by Gasteiger charge is -2.00. The maximum Gasteiger partial charge on any atom is 0.258 e. The molecule has 2 heterocycles. The van der Waals surface area contributed by atoms with E-state index in [0.717, 1.165) is 15.6 Å². The molecule has 0 spiro atoms. The number of pyridine rings is 1. The third-order valence-corrected chi connectivity index (χ3v) is 3.55. The molecule has 0 aliphatic heterocycles. The van der Waals surface area contributed by atoms with E-state index in [9.17, 15) is 0 Å². The second kappa shape index (κ2) is 5.85. The van der Waals surface area contributed by atoms with E-state index in [1.54, 1.807) is 6.20 Å². The Balaban J connectivity index is 2.04. The van der Waals surface area contributed by atoms with Gasteiger partial charge >= 0.3 is 0 Å². The van der Waals surface area contributed by atoms with Crippen molar-refractivity contribution < 1.29 is 4.52 Å². The minimum Gasteiger partial charge on any atom is -0.334 e. The highest BCUT2D eigenvalue weighted by molar-refractivity contribution is 9.10. The third kappa shape index (κ3) is 2.69. The number of nitriles is 1. The molecule has 3 rings (SSSR count). The molecule has 0 amide bonds. The number of hydrogen-bond acceptors (Lipinski definition) is 5. The molecule has 21 heavy (non-hydrogen) atoms. The van der Waals surface area contributed by atoms with Crippen molar-refractivity contribution in [3.63, 3.8) is 0 Å². The van der Waals surface area contributed by atoms with Gasteiger partial charge in [-0.15, -0.1) is 0 Å². The largest absolute Gasteiger partial charge is 0.334 e. The van der Waals surface area contributed by atoms with Crippen LogP contribution in [-0.2, 0) is 6.42 Å². The molecular weight excluding hydrogens is 332 g/mol. The number of nitrogens with zero attached hydrogens (tertiary/aromatic N) is 4. The number of benzene rings is 1. The van der Waals surface area contributed by atoms with Crippen molar-refractivity contribution in [2.45, 2.75) is 6.42 Å². The predicted octanol–water partition coefficient (Wildman–Crippen LogP) is 3.63. The van der Waals surface area contributed by atoms with Crippen LogP contribution < -0.4 is 0 Å². The molecule has 0 aliphatic rings. The van der Waals surface area contributed by atoms with Crippen LogP contribution in [0.2, 0.25) is 0 Å². The van der Waals surface area contributed by atoms with Gasteiger partial charge in [0.1, 0.15) is 5.69 Å². The van der Waals surface area contributed by atoms with Gasteiger partial charge in [0, 0.05) is 16.2 Å². The topological polar surface area (TPSA) is 75.6 Å². The fourth-order valence-electron chi connectivity index (χ4n) is 1.95. The molecule has 0 N–H and O–H groups in total. The molecule has 0 atom stereocenters. The van der Waals surface area contributed by atoms with Crippen molar-refractivity contribution in [3.05, 3.63) is 52.6 Å². The Morgan fingerprint density at radius 1 is 1.19 bits per heavy atom. The fraction of sp³-hybridized carbons (Fsp3) is 0.0667. The van der Waals surface area contributed by atoms with Crippen LogP contribution in [0.4, 0.5) is 0 Å². The highest BCUT2D eigenvalue weighted by Gasteiger charge is 2.15. The molecule has 0 fully saturated rings. The Hall–Kier alpha value is -2.52. The zero-order valence-corrected chi connectivity index (χ0v) is 12.4. The Bertz CT molecular complexity index is 822. The molecule has 102 valence electrons. The van der Waals surface area contributed by atoms with E-state index in [1.165, 1.54) is 0 Å². The summed E-state index contributed by atoms with van der Waals surface area (Å²) in [6, 6.07) is 13.3. The van der Waals surface area contributed by atoms with E-state index in [4.69, 9.17) is 9.78 Å². The van der Waals surface area contributed by atoms with Crippen LogP contribution in [0, 0.1) is 11.3 Å². The molecule has 0 saturated heterocycles. The zero-order valence-electron chi connectivity index (χ0n) is 10.8. The Labute approximate surface area is 129 Å². The fourth-order valence-corrected chi connectivity index (χ4v) is 2.38. The van der Waals surface area contributed by atoms with Crippen LogP contribution in [0.1, 0.15) is 5.56 Å². The average Bonchev–Trinajstić information content (AvgIpc) is 2.98. The summed E-state index contributed by atoms with van der Waals surface area (Å²) in [7, 11) is 0. The standard InChI is InChI=1S/C15H9BrN4O/c16-12-6-3-9-18-13(12)14-19-15(21-20-14)11-5-2-1-4-10(11)7-8-17/h1-6,9H,7H2. The van der Waals surface area contributed by atoms with Crippen molar-refractivity contribution in [1.29, 1.82) is 5.26 Å². The second-order valence-electron chi connectivity index (χ2n) is 4.25. The molecule has 5 nitrogen and oxygen atoms in total. The van der Waals surface area contributed by atoms with E-state index in [2.05, 4.69) is 37.1 Å². The van der Waals surface area contributed by atoms with Crippen LogP contribution in [0.25, 0.3) is 23.0 Å². The number of hydrogen-bond donors (Lipinski definition) is 0. The summed E-state index contributed by atoms with van der Waals surface area (Å²) in [6.45, 7) is 0. The normalized spacial score (nSPS) is 10.3. The number of halogens is 1. The molecular formula is C15H9BrN4O.